The van der Waals surface area contributed by atoms with Crippen LogP contribution < -0.4 is 5.32 Å². The molecule has 1 heterocycles. The minimum absolute atomic E-state index is 0.0596. The van der Waals surface area contributed by atoms with Gasteiger partial charge >= 0.3 is 0 Å². The predicted octanol–water partition coefficient (Wildman–Crippen LogP) is 2.34. The van der Waals surface area contributed by atoms with Gasteiger partial charge in [-0.2, -0.15) is 0 Å². The molecule has 1 N–H and O–H groups in total. The lowest BCUT2D eigenvalue weighted by molar-refractivity contribution is -0.136. The van der Waals surface area contributed by atoms with Gasteiger partial charge in [0, 0.05) is 10.0 Å². The highest BCUT2D eigenvalue weighted by Crippen LogP contribution is 2.47. The van der Waals surface area contributed by atoms with E-state index in [2.05, 4.69) is 21.2 Å². The molecule has 1 saturated carbocycles. The molecule has 0 radical (unpaired) electrons. The van der Waals surface area contributed by atoms with Gasteiger partial charge in [0.2, 0.25) is 5.91 Å². The number of carbonyl (C=O) groups excluding carboxylic acids is 1. The average molecular weight is 314 g/mol. The smallest absolute Gasteiger partial charge is 0.246 e. The molecule has 96 valence electrons. The summed E-state index contributed by atoms with van der Waals surface area (Å²) in [7, 11) is 0. The van der Waals surface area contributed by atoms with Crippen molar-refractivity contribution >= 4 is 21.8 Å². The zero-order valence-electron chi connectivity index (χ0n) is 9.71. The Balaban J connectivity index is 2.08. The molecular weight excluding hydrogens is 301 g/mol. The molecule has 2 aliphatic rings. The molecule has 5 heteroatoms. The van der Waals surface area contributed by atoms with Crippen molar-refractivity contribution in [2.45, 2.75) is 18.4 Å². The molecule has 0 aromatic heterocycles. The lowest BCUT2D eigenvalue weighted by atomic mass is 9.84. The lowest BCUT2D eigenvalue weighted by Crippen LogP contribution is -2.56. The number of nitrogens with one attached hydrogen (secondary N) is 1. The summed E-state index contributed by atoms with van der Waals surface area (Å²) in [6.45, 7) is 0.404. The number of rotatable bonds is 2. The molecule has 1 amide bonds. The molecule has 1 aliphatic heterocycles. The van der Waals surface area contributed by atoms with E-state index in [1.807, 2.05) is 0 Å². The first-order valence-corrected chi connectivity index (χ1v) is 6.75. The van der Waals surface area contributed by atoms with Crippen LogP contribution in [-0.2, 0) is 15.1 Å². The fourth-order valence-electron chi connectivity index (χ4n) is 2.63. The van der Waals surface area contributed by atoms with Crippen molar-refractivity contribution in [1.29, 1.82) is 0 Å². The summed E-state index contributed by atoms with van der Waals surface area (Å²) in [6, 6.07) is 4.82. The quantitative estimate of drug-likeness (QED) is 0.910. The summed E-state index contributed by atoms with van der Waals surface area (Å²) in [5, 5.41) is 2.95. The Morgan fingerprint density at radius 2 is 2.22 bits per heavy atom. The first-order valence-electron chi connectivity index (χ1n) is 5.96. The van der Waals surface area contributed by atoms with Crippen LogP contribution in [0.1, 0.15) is 18.4 Å². The third kappa shape index (κ3) is 1.95. The van der Waals surface area contributed by atoms with Crippen molar-refractivity contribution in [2.24, 2.45) is 5.92 Å². The van der Waals surface area contributed by atoms with Gasteiger partial charge in [0.15, 0.2) is 0 Å². The molecule has 1 aromatic carbocycles. The largest absolute Gasteiger partial charge is 0.369 e. The van der Waals surface area contributed by atoms with Crippen molar-refractivity contribution in [1.82, 2.24) is 5.32 Å². The minimum Gasteiger partial charge on any atom is -0.369 e. The van der Waals surface area contributed by atoms with E-state index in [1.54, 1.807) is 12.1 Å². The molecular formula is C13H13BrFNO2. The number of ether oxygens (including phenoxy) is 1. The number of amides is 1. The van der Waals surface area contributed by atoms with Crippen molar-refractivity contribution in [3.05, 3.63) is 34.1 Å². The van der Waals surface area contributed by atoms with E-state index >= 15 is 0 Å². The molecule has 1 unspecified atom stereocenters. The van der Waals surface area contributed by atoms with Gasteiger partial charge in [0.25, 0.3) is 0 Å². The number of halogens is 2. The third-order valence-corrected chi connectivity index (χ3v) is 4.10. The van der Waals surface area contributed by atoms with E-state index in [-0.39, 0.29) is 24.2 Å². The van der Waals surface area contributed by atoms with Gasteiger partial charge in [-0.15, -0.1) is 0 Å². The number of hydrogen-bond donors (Lipinski definition) is 1. The molecule has 2 fully saturated rings. The predicted molar refractivity (Wildman–Crippen MR) is 67.5 cm³/mol. The van der Waals surface area contributed by atoms with Gasteiger partial charge in [-0.1, -0.05) is 15.9 Å². The highest BCUT2D eigenvalue weighted by atomic mass is 79.9. The second-order valence-corrected chi connectivity index (χ2v) is 5.83. The topological polar surface area (TPSA) is 38.3 Å². The maximum atomic E-state index is 14.1. The van der Waals surface area contributed by atoms with Crippen LogP contribution >= 0.6 is 15.9 Å². The summed E-state index contributed by atoms with van der Waals surface area (Å²) in [6.07, 6.45) is 1.99. The van der Waals surface area contributed by atoms with Crippen molar-refractivity contribution in [3.63, 3.8) is 0 Å². The van der Waals surface area contributed by atoms with E-state index in [0.29, 0.717) is 12.2 Å². The van der Waals surface area contributed by atoms with Crippen LogP contribution in [0.3, 0.4) is 0 Å². The number of morpholine rings is 1. The summed E-state index contributed by atoms with van der Waals surface area (Å²) >= 11 is 3.35. The Bertz CT molecular complexity index is 504. The molecule has 1 aliphatic carbocycles. The first kappa shape index (κ1) is 12.1. The van der Waals surface area contributed by atoms with E-state index in [0.717, 1.165) is 17.3 Å². The van der Waals surface area contributed by atoms with Gasteiger partial charge in [-0.3, -0.25) is 4.79 Å². The van der Waals surface area contributed by atoms with Crippen LogP contribution in [0.25, 0.3) is 0 Å². The highest BCUT2D eigenvalue weighted by Gasteiger charge is 2.50. The monoisotopic (exact) mass is 313 g/mol. The van der Waals surface area contributed by atoms with Gasteiger partial charge in [0.1, 0.15) is 12.4 Å². The molecule has 18 heavy (non-hydrogen) atoms. The first-order chi connectivity index (χ1) is 8.62. The molecule has 1 saturated heterocycles. The normalized spacial score (nSPS) is 28.0. The summed E-state index contributed by atoms with van der Waals surface area (Å²) in [5.74, 6) is -0.200. The second kappa shape index (κ2) is 4.31. The van der Waals surface area contributed by atoms with Crippen LogP contribution in [0.5, 0.6) is 0 Å². The van der Waals surface area contributed by atoms with Crippen LogP contribution in [0.4, 0.5) is 4.39 Å². The van der Waals surface area contributed by atoms with Gasteiger partial charge < -0.3 is 10.1 Å². The lowest BCUT2D eigenvalue weighted by Gasteiger charge is -2.39. The Morgan fingerprint density at radius 3 is 2.89 bits per heavy atom. The summed E-state index contributed by atoms with van der Waals surface area (Å²) in [4.78, 5) is 11.6. The Labute approximate surface area is 113 Å². The minimum atomic E-state index is -0.691. The van der Waals surface area contributed by atoms with Gasteiger partial charge in [-0.05, 0) is 37.0 Å². The zero-order chi connectivity index (χ0) is 12.8. The van der Waals surface area contributed by atoms with E-state index < -0.39 is 5.54 Å². The average Bonchev–Trinajstić information content (AvgIpc) is 3.16. The van der Waals surface area contributed by atoms with Crippen LogP contribution in [0.15, 0.2) is 22.7 Å². The molecule has 3 nitrogen and oxygen atoms in total. The van der Waals surface area contributed by atoms with Crippen molar-refractivity contribution in [2.75, 3.05) is 13.2 Å². The summed E-state index contributed by atoms with van der Waals surface area (Å²) < 4.78 is 20.2. The van der Waals surface area contributed by atoms with E-state index in [1.165, 1.54) is 6.07 Å². The fourth-order valence-corrected chi connectivity index (χ4v) is 2.99. The Hall–Kier alpha value is -0.940. The molecule has 0 bridgehead atoms. The summed E-state index contributed by atoms with van der Waals surface area (Å²) in [5.41, 5.74) is -0.171. The van der Waals surface area contributed by atoms with Crippen LogP contribution in [0.2, 0.25) is 0 Å². The second-order valence-electron chi connectivity index (χ2n) is 4.91. The molecule has 1 aromatic rings. The zero-order valence-corrected chi connectivity index (χ0v) is 11.3. The van der Waals surface area contributed by atoms with E-state index in [9.17, 15) is 9.18 Å². The SMILES string of the molecule is O=C1COCC(c2cc(Br)ccc2F)(C2CC2)N1. The maximum Gasteiger partial charge on any atom is 0.246 e. The van der Waals surface area contributed by atoms with Crippen molar-refractivity contribution in [3.8, 4) is 0 Å². The number of hydrogen-bond acceptors (Lipinski definition) is 2. The molecule has 3 rings (SSSR count). The number of carbonyl (C=O) groups is 1. The Morgan fingerprint density at radius 1 is 1.44 bits per heavy atom. The van der Waals surface area contributed by atoms with Crippen molar-refractivity contribution < 1.29 is 13.9 Å². The molecule has 0 spiro atoms. The van der Waals surface area contributed by atoms with Gasteiger partial charge in [0.05, 0.1) is 12.1 Å². The number of benzene rings is 1. The highest BCUT2D eigenvalue weighted by molar-refractivity contribution is 9.10. The van der Waals surface area contributed by atoms with Crippen LogP contribution in [0, 0.1) is 11.7 Å². The molecule has 1 atom stereocenters. The van der Waals surface area contributed by atoms with Gasteiger partial charge in [-0.25, -0.2) is 4.39 Å². The van der Waals surface area contributed by atoms with Crippen LogP contribution in [-0.4, -0.2) is 19.1 Å². The third-order valence-electron chi connectivity index (χ3n) is 3.61. The fraction of sp³-hybridized carbons (Fsp3) is 0.462. The standard InChI is InChI=1S/C13H13BrFNO2/c14-9-3-4-11(15)10(5-9)13(8-1-2-8)7-18-6-12(17)16-13/h3-5,8H,1-2,6-7H2,(H,16,17). The Kier molecular flexibility index (Phi) is 2.90. The maximum absolute atomic E-state index is 14.1. The van der Waals surface area contributed by atoms with E-state index in [4.69, 9.17) is 4.74 Å².